The first-order valence-electron chi connectivity index (χ1n) is 6.04. The van der Waals surface area contributed by atoms with Gasteiger partial charge in [0.1, 0.15) is 0 Å². The SMILES string of the molecule is N[C@H](Cc1ccc(OCC[C]([Hg])([Hg])SF)cc1)C(=O)O. The summed E-state index contributed by atoms with van der Waals surface area (Å²) in [5.74, 6) is -0.285. The van der Waals surface area contributed by atoms with E-state index in [4.69, 9.17) is 15.6 Å². The van der Waals surface area contributed by atoms with Crippen molar-refractivity contribution in [3.63, 3.8) is 0 Å². The number of ether oxygens (including phenoxy) is 1. The topological polar surface area (TPSA) is 72.5 Å². The van der Waals surface area contributed by atoms with Crippen molar-refractivity contribution in [1.29, 1.82) is 0 Å². The van der Waals surface area contributed by atoms with Gasteiger partial charge in [0.25, 0.3) is 0 Å². The summed E-state index contributed by atoms with van der Waals surface area (Å²) in [6.07, 6.45) is 1.06. The van der Waals surface area contributed by atoms with E-state index in [0.717, 1.165) is 17.7 Å². The van der Waals surface area contributed by atoms with Crippen LogP contribution < -0.4 is 10.5 Å². The fourth-order valence-corrected chi connectivity index (χ4v) is 2.74. The Morgan fingerprint density at radius 2 is 2.05 bits per heavy atom. The number of carboxylic acids is 1. The van der Waals surface area contributed by atoms with E-state index < -0.39 is 12.0 Å². The van der Waals surface area contributed by atoms with Crippen molar-refractivity contribution in [2.45, 2.75) is 18.6 Å². The minimum atomic E-state index is -1.01. The van der Waals surface area contributed by atoms with Crippen molar-refractivity contribution in [2.24, 2.45) is 5.73 Å². The van der Waals surface area contributed by atoms with E-state index in [1.54, 1.807) is 12.1 Å². The summed E-state index contributed by atoms with van der Waals surface area (Å²) < 4.78 is 18.2. The second-order valence-corrected chi connectivity index (χ2v) is 35.3. The summed E-state index contributed by atoms with van der Waals surface area (Å²) in [5, 5.41) is 8.74. The molecule has 0 aliphatic rings. The van der Waals surface area contributed by atoms with Crippen molar-refractivity contribution in [1.82, 2.24) is 0 Å². The molecule has 102 valence electrons. The van der Waals surface area contributed by atoms with E-state index in [-0.39, 0.29) is -0.235 Å². The minimum absolute atomic E-state index is 0.0613. The Bertz CT molecular complexity index is 445. The number of halogens is 1. The Morgan fingerprint density at radius 1 is 1.45 bits per heavy atom. The molecule has 0 saturated carbocycles. The number of hydrogen-bond acceptors (Lipinski definition) is 4. The van der Waals surface area contributed by atoms with Crippen LogP contribution in [0.25, 0.3) is 0 Å². The zero-order chi connectivity index (χ0) is 15.2. The van der Waals surface area contributed by atoms with Gasteiger partial charge in [0.15, 0.2) is 0 Å². The molecule has 0 radical (unpaired) electrons. The molecule has 1 rings (SSSR count). The first-order valence-corrected chi connectivity index (χ1v) is 12.3. The molecular formula is C12H14FHg2NO3S. The van der Waals surface area contributed by atoms with Gasteiger partial charge in [0, 0.05) is 0 Å². The number of carbonyl (C=O) groups is 1. The molecule has 0 unspecified atom stereocenters. The quantitative estimate of drug-likeness (QED) is 0.413. The van der Waals surface area contributed by atoms with E-state index in [9.17, 15) is 8.68 Å². The monoisotopic (exact) mass is 675 g/mol. The van der Waals surface area contributed by atoms with Gasteiger partial charge in [0.2, 0.25) is 0 Å². The zero-order valence-corrected chi connectivity index (χ0v) is 22.9. The van der Waals surface area contributed by atoms with Crippen LogP contribution in [-0.2, 0) is 63.5 Å². The second kappa shape index (κ2) is 8.90. The number of rotatable bonds is 8. The van der Waals surface area contributed by atoms with Crippen molar-refractivity contribution >= 4 is 18.1 Å². The van der Waals surface area contributed by atoms with E-state index >= 15 is 0 Å². The van der Waals surface area contributed by atoms with Gasteiger partial charge in [-0.1, -0.05) is 0 Å². The van der Waals surface area contributed by atoms with Gasteiger partial charge in [-0.05, 0) is 0 Å². The molecule has 1 aromatic rings. The van der Waals surface area contributed by atoms with Crippen LogP contribution in [0, 0.1) is 0 Å². The summed E-state index contributed by atoms with van der Waals surface area (Å²) in [6, 6.07) is 6.32. The third kappa shape index (κ3) is 7.04. The van der Waals surface area contributed by atoms with Gasteiger partial charge in [-0.3, -0.25) is 0 Å². The normalized spacial score (nSPS) is 13.1. The van der Waals surface area contributed by atoms with Crippen LogP contribution in [0.3, 0.4) is 0 Å². The maximum absolute atomic E-state index is 12.6. The van der Waals surface area contributed by atoms with E-state index in [1.165, 1.54) is 0 Å². The third-order valence-electron chi connectivity index (χ3n) is 2.69. The number of nitrogens with two attached hydrogens (primary N) is 1. The second-order valence-electron chi connectivity index (χ2n) is 4.65. The molecule has 0 aromatic heterocycles. The van der Waals surface area contributed by atoms with Gasteiger partial charge in [-0.2, -0.15) is 0 Å². The molecule has 8 heteroatoms. The summed E-state index contributed by atoms with van der Waals surface area (Å²) in [4.78, 5) is 10.7. The van der Waals surface area contributed by atoms with Crippen molar-refractivity contribution in [3.05, 3.63) is 29.8 Å². The van der Waals surface area contributed by atoms with Crippen molar-refractivity contribution in [3.8, 4) is 5.75 Å². The molecule has 0 fully saturated rings. The molecule has 1 atom stereocenters. The van der Waals surface area contributed by atoms with Crippen LogP contribution in [0.5, 0.6) is 5.75 Å². The fourth-order valence-electron chi connectivity index (χ4n) is 1.46. The molecule has 20 heavy (non-hydrogen) atoms. The molecule has 0 saturated heterocycles. The average molecular weight is 672 g/mol. The van der Waals surface area contributed by atoms with E-state index in [0.29, 0.717) is 77.4 Å². The molecule has 0 amide bonds. The van der Waals surface area contributed by atoms with Crippen LogP contribution in [0.4, 0.5) is 3.89 Å². The summed E-state index contributed by atoms with van der Waals surface area (Å²) in [7, 11) is 0. The number of benzene rings is 1. The van der Waals surface area contributed by atoms with Gasteiger partial charge in [-0.15, -0.1) is 0 Å². The Labute approximate surface area is 154 Å². The Morgan fingerprint density at radius 3 is 2.55 bits per heavy atom. The number of carboxylic acid groups (broad SMARTS) is 1. The molecule has 0 bridgehead atoms. The molecule has 0 spiro atoms. The Balaban J connectivity index is 2.45. The molecule has 0 aliphatic heterocycles. The summed E-state index contributed by atoms with van der Waals surface area (Å²) >= 11 is 1.34. The fraction of sp³-hybridized carbons (Fsp3) is 0.417. The number of aliphatic carboxylic acids is 1. The Hall–Kier alpha value is 0.600. The van der Waals surface area contributed by atoms with E-state index in [2.05, 4.69) is 0 Å². The summed E-state index contributed by atoms with van der Waals surface area (Å²) in [5.41, 5.74) is 6.33. The van der Waals surface area contributed by atoms with Crippen molar-refractivity contribution < 1.29 is 70.8 Å². The van der Waals surface area contributed by atoms with Crippen LogP contribution in [0.15, 0.2) is 24.3 Å². The van der Waals surface area contributed by atoms with Crippen LogP contribution in [0.1, 0.15) is 12.0 Å². The molecule has 4 nitrogen and oxygen atoms in total. The summed E-state index contributed by atoms with van der Waals surface area (Å²) in [6.45, 7) is 0.526. The van der Waals surface area contributed by atoms with Gasteiger partial charge < -0.3 is 0 Å². The molecule has 0 aliphatic carbocycles. The predicted molar refractivity (Wildman–Crippen MR) is 67.3 cm³/mol. The number of hydrogen-bond donors (Lipinski definition) is 2. The zero-order valence-electron chi connectivity index (χ0n) is 11.0. The van der Waals surface area contributed by atoms with Gasteiger partial charge in [-0.25, -0.2) is 0 Å². The Kier molecular flexibility index (Phi) is 8.30. The third-order valence-corrected chi connectivity index (χ3v) is 8.51. The standard InChI is InChI=1S/C12H14FNO3S.2Hg/c13-18-7-1-6-17-10-4-2-9(3-5-10)8-11(14)12(15)16;;/h2-5,11H,1,6,8,14H2,(H,15,16);;/t11-;;/m1../s1. The van der Waals surface area contributed by atoms with Crippen molar-refractivity contribution in [2.75, 3.05) is 6.61 Å². The van der Waals surface area contributed by atoms with Crippen LogP contribution >= 0.6 is 12.1 Å². The van der Waals surface area contributed by atoms with Gasteiger partial charge >= 0.3 is 155 Å². The van der Waals surface area contributed by atoms with Crippen LogP contribution in [-0.4, -0.2) is 23.5 Å². The van der Waals surface area contributed by atoms with Crippen LogP contribution in [0.2, 0.25) is 0 Å². The van der Waals surface area contributed by atoms with Gasteiger partial charge in [0.05, 0.1) is 0 Å². The molecule has 3 N–H and O–H groups in total. The average Bonchev–Trinajstić information content (AvgIpc) is 2.40. The maximum atomic E-state index is 12.6. The molecular weight excluding hydrogens is 658 g/mol. The molecule has 0 heterocycles. The molecule has 1 aromatic carbocycles. The first kappa shape index (κ1) is 18.6. The predicted octanol–water partition coefficient (Wildman–Crippen LogP) is 1.78. The first-order chi connectivity index (χ1) is 9.34. The van der Waals surface area contributed by atoms with E-state index in [1.807, 2.05) is 12.1 Å².